The Balaban J connectivity index is 1.94. The average molecular weight is 377 g/mol. The van der Waals surface area contributed by atoms with Crippen LogP contribution in [-0.2, 0) is 5.41 Å². The zero-order valence-corrected chi connectivity index (χ0v) is 13.3. The van der Waals surface area contributed by atoms with Crippen LogP contribution in [0.15, 0.2) is 43.3 Å². The minimum absolute atomic E-state index is 0.337. The van der Waals surface area contributed by atoms with Crippen molar-refractivity contribution in [3.8, 4) is 6.07 Å². The van der Waals surface area contributed by atoms with Crippen LogP contribution < -0.4 is 0 Å². The van der Waals surface area contributed by atoms with Crippen LogP contribution in [0.4, 0.5) is 0 Å². The van der Waals surface area contributed by atoms with E-state index >= 15 is 0 Å². The molecule has 0 saturated carbocycles. The van der Waals surface area contributed by atoms with E-state index in [9.17, 15) is 5.26 Å². The van der Waals surface area contributed by atoms with Gasteiger partial charge in [-0.3, -0.25) is 9.88 Å². The van der Waals surface area contributed by atoms with E-state index in [-0.39, 0.29) is 0 Å². The molecule has 1 aromatic rings. The van der Waals surface area contributed by atoms with Gasteiger partial charge in [0.05, 0.1) is 11.5 Å². The van der Waals surface area contributed by atoms with Gasteiger partial charge in [-0.25, -0.2) is 0 Å². The number of fused-ring (bicyclic) bond motifs is 2. The fraction of sp³-hybridized carbons (Fsp3) is 0.375. The van der Waals surface area contributed by atoms with Crippen molar-refractivity contribution in [3.63, 3.8) is 0 Å². The number of piperidine rings is 1. The standard InChI is InChI=1S/C16H16IN3/c1-2-5-20-14-3-4-15(20)8-16(7-14,11-18)12-6-13(17)10-19-9-12/h2-4,6,9-10,14-15H,1,5,7-8H2/t14-,15+,16-. The molecule has 4 heteroatoms. The molecule has 0 spiro atoms. The first-order chi connectivity index (χ1) is 9.68. The summed E-state index contributed by atoms with van der Waals surface area (Å²) >= 11 is 2.26. The molecular formula is C16H16IN3. The lowest BCUT2D eigenvalue weighted by molar-refractivity contribution is 0.133. The Morgan fingerprint density at radius 1 is 1.45 bits per heavy atom. The fourth-order valence-corrected chi connectivity index (χ4v) is 3.87. The SMILES string of the molecule is C=CCN1[C@@H]2C=C[C@H]1C[C@](C#N)(c1cncc(I)c1)C2. The molecule has 0 radical (unpaired) electrons. The highest BCUT2D eigenvalue weighted by Gasteiger charge is 2.47. The molecule has 0 N–H and O–H groups in total. The molecule has 0 amide bonds. The number of nitriles is 1. The second-order valence-electron chi connectivity index (χ2n) is 5.50. The number of hydrogen-bond donors (Lipinski definition) is 0. The topological polar surface area (TPSA) is 39.9 Å². The zero-order valence-electron chi connectivity index (χ0n) is 11.2. The average Bonchev–Trinajstić information content (AvgIpc) is 2.71. The van der Waals surface area contributed by atoms with Crippen LogP contribution in [0.5, 0.6) is 0 Å². The van der Waals surface area contributed by atoms with Gasteiger partial charge in [0.15, 0.2) is 0 Å². The molecule has 3 atom stereocenters. The van der Waals surface area contributed by atoms with Crippen molar-refractivity contribution >= 4 is 22.6 Å². The van der Waals surface area contributed by atoms with Crippen molar-refractivity contribution in [1.82, 2.24) is 9.88 Å². The smallest absolute Gasteiger partial charge is 0.0873 e. The second-order valence-corrected chi connectivity index (χ2v) is 6.74. The Labute approximate surface area is 133 Å². The van der Waals surface area contributed by atoms with Gasteiger partial charge in [0.2, 0.25) is 0 Å². The monoisotopic (exact) mass is 377 g/mol. The molecule has 0 aliphatic carbocycles. The van der Waals surface area contributed by atoms with E-state index < -0.39 is 5.41 Å². The van der Waals surface area contributed by atoms with Gasteiger partial charge >= 0.3 is 0 Å². The highest BCUT2D eigenvalue weighted by molar-refractivity contribution is 14.1. The molecule has 1 fully saturated rings. The van der Waals surface area contributed by atoms with Crippen LogP contribution in [0, 0.1) is 14.9 Å². The largest absolute Gasteiger partial charge is 0.287 e. The van der Waals surface area contributed by atoms with Gasteiger partial charge in [0.1, 0.15) is 0 Å². The van der Waals surface area contributed by atoms with Crippen molar-refractivity contribution in [2.24, 2.45) is 0 Å². The Kier molecular flexibility index (Phi) is 3.65. The molecular weight excluding hydrogens is 361 g/mol. The van der Waals surface area contributed by atoms with Crippen LogP contribution in [0.2, 0.25) is 0 Å². The number of nitrogens with zero attached hydrogens (tertiary/aromatic N) is 3. The lowest BCUT2D eigenvalue weighted by atomic mass is 9.71. The first kappa shape index (κ1) is 13.8. The van der Waals surface area contributed by atoms with Gasteiger partial charge in [-0.2, -0.15) is 5.26 Å². The number of aromatic nitrogens is 1. The molecule has 3 heterocycles. The summed E-state index contributed by atoms with van der Waals surface area (Å²) in [6.07, 6.45) is 11.8. The predicted octanol–water partition coefficient (Wildman–Crippen LogP) is 3.04. The fourth-order valence-electron chi connectivity index (χ4n) is 3.38. The summed E-state index contributed by atoms with van der Waals surface area (Å²) in [5.41, 5.74) is 0.647. The Hall–Kier alpha value is -1.19. The van der Waals surface area contributed by atoms with Crippen LogP contribution in [0.1, 0.15) is 18.4 Å². The van der Waals surface area contributed by atoms with E-state index in [1.165, 1.54) is 0 Å². The molecule has 2 bridgehead atoms. The van der Waals surface area contributed by atoms with E-state index in [0.717, 1.165) is 28.5 Å². The number of rotatable bonds is 3. The van der Waals surface area contributed by atoms with Crippen molar-refractivity contribution in [2.75, 3.05) is 6.54 Å². The van der Waals surface area contributed by atoms with Crippen molar-refractivity contribution < 1.29 is 0 Å². The summed E-state index contributed by atoms with van der Waals surface area (Å²) in [7, 11) is 0. The maximum Gasteiger partial charge on any atom is 0.0873 e. The predicted molar refractivity (Wildman–Crippen MR) is 87.1 cm³/mol. The van der Waals surface area contributed by atoms with Gasteiger partial charge in [-0.1, -0.05) is 18.2 Å². The zero-order chi connectivity index (χ0) is 14.2. The summed E-state index contributed by atoms with van der Waals surface area (Å²) in [5.74, 6) is 0. The molecule has 1 saturated heterocycles. The minimum atomic E-state index is -0.412. The minimum Gasteiger partial charge on any atom is -0.287 e. The molecule has 2 aliphatic heterocycles. The highest BCUT2D eigenvalue weighted by Crippen LogP contribution is 2.44. The Morgan fingerprint density at radius 3 is 2.70 bits per heavy atom. The summed E-state index contributed by atoms with van der Waals surface area (Å²) in [6, 6.07) is 5.36. The summed E-state index contributed by atoms with van der Waals surface area (Å²) in [4.78, 5) is 6.69. The summed E-state index contributed by atoms with van der Waals surface area (Å²) in [6.45, 7) is 4.72. The normalized spacial score (nSPS) is 32.0. The van der Waals surface area contributed by atoms with Gasteiger partial charge in [0, 0.05) is 34.6 Å². The van der Waals surface area contributed by atoms with Crippen molar-refractivity contribution in [1.29, 1.82) is 5.26 Å². The highest BCUT2D eigenvalue weighted by atomic mass is 127. The molecule has 1 aromatic heterocycles. The molecule has 2 aliphatic rings. The van der Waals surface area contributed by atoms with Gasteiger partial charge in [-0.15, -0.1) is 6.58 Å². The van der Waals surface area contributed by atoms with Crippen LogP contribution >= 0.6 is 22.6 Å². The third kappa shape index (κ3) is 2.19. The Morgan fingerprint density at radius 2 is 2.15 bits per heavy atom. The molecule has 3 nitrogen and oxygen atoms in total. The molecule has 0 unspecified atom stereocenters. The number of pyridine rings is 1. The van der Waals surface area contributed by atoms with Crippen LogP contribution in [-0.4, -0.2) is 28.5 Å². The number of halogens is 1. The molecule has 20 heavy (non-hydrogen) atoms. The van der Waals surface area contributed by atoms with Gasteiger partial charge in [0.25, 0.3) is 0 Å². The lowest BCUT2D eigenvalue weighted by Crippen LogP contribution is -2.49. The van der Waals surface area contributed by atoms with E-state index in [1.807, 2.05) is 18.5 Å². The van der Waals surface area contributed by atoms with Crippen LogP contribution in [0.3, 0.4) is 0 Å². The van der Waals surface area contributed by atoms with Crippen molar-refractivity contribution in [2.45, 2.75) is 30.3 Å². The van der Waals surface area contributed by atoms with Gasteiger partial charge < -0.3 is 0 Å². The summed E-state index contributed by atoms with van der Waals surface area (Å²) < 4.78 is 1.09. The quantitative estimate of drug-likeness (QED) is 0.601. The van der Waals surface area contributed by atoms with Gasteiger partial charge in [-0.05, 0) is 47.1 Å². The maximum absolute atomic E-state index is 9.82. The second kappa shape index (κ2) is 5.30. The Bertz CT molecular complexity index is 586. The van der Waals surface area contributed by atoms with Crippen molar-refractivity contribution in [3.05, 3.63) is 52.4 Å². The van der Waals surface area contributed by atoms with E-state index in [4.69, 9.17) is 0 Å². The van der Waals surface area contributed by atoms with E-state index in [2.05, 4.69) is 63.3 Å². The first-order valence-corrected chi connectivity index (χ1v) is 7.84. The third-order valence-electron chi connectivity index (χ3n) is 4.33. The maximum atomic E-state index is 9.82. The van der Waals surface area contributed by atoms with Crippen LogP contribution in [0.25, 0.3) is 0 Å². The number of hydrogen-bond acceptors (Lipinski definition) is 3. The third-order valence-corrected chi connectivity index (χ3v) is 4.92. The molecule has 3 rings (SSSR count). The lowest BCUT2D eigenvalue weighted by Gasteiger charge is -2.43. The first-order valence-electron chi connectivity index (χ1n) is 6.76. The molecule has 102 valence electrons. The van der Waals surface area contributed by atoms with E-state index in [1.54, 1.807) is 0 Å². The van der Waals surface area contributed by atoms with E-state index in [0.29, 0.717) is 12.1 Å². The summed E-state index contributed by atoms with van der Waals surface area (Å²) in [5, 5.41) is 9.82. The molecule has 0 aromatic carbocycles.